The first-order valence-electron chi connectivity index (χ1n) is 9.62. The van der Waals surface area contributed by atoms with Gasteiger partial charge in [-0.2, -0.15) is 5.10 Å². The van der Waals surface area contributed by atoms with Gasteiger partial charge < -0.3 is 14.1 Å². The third-order valence-electron chi connectivity index (χ3n) is 5.14. The zero-order chi connectivity index (χ0) is 21.3. The van der Waals surface area contributed by atoms with Crippen LogP contribution >= 0.6 is 15.9 Å². The van der Waals surface area contributed by atoms with E-state index in [0.29, 0.717) is 22.6 Å². The summed E-state index contributed by atoms with van der Waals surface area (Å²) < 4.78 is 26.3. The molecule has 0 unspecified atom stereocenters. The molecule has 1 saturated heterocycles. The van der Waals surface area contributed by atoms with Crippen LogP contribution in [0.1, 0.15) is 34.5 Å². The van der Waals surface area contributed by atoms with Crippen molar-refractivity contribution in [2.45, 2.75) is 19.8 Å². The summed E-state index contributed by atoms with van der Waals surface area (Å²) in [7, 11) is 1.53. The van der Waals surface area contributed by atoms with Gasteiger partial charge in [-0.15, -0.1) is 0 Å². The van der Waals surface area contributed by atoms with E-state index in [1.54, 1.807) is 12.1 Å². The van der Waals surface area contributed by atoms with Crippen molar-refractivity contribution >= 4 is 44.7 Å². The van der Waals surface area contributed by atoms with Crippen LogP contribution in [0, 0.1) is 12.7 Å². The molecule has 0 bridgehead atoms. The predicted molar refractivity (Wildman–Crippen MR) is 118 cm³/mol. The van der Waals surface area contributed by atoms with Gasteiger partial charge in [-0.1, -0.05) is 15.9 Å². The van der Waals surface area contributed by atoms with Gasteiger partial charge in [0.25, 0.3) is 0 Å². The van der Waals surface area contributed by atoms with Crippen LogP contribution < -0.4 is 15.1 Å². The number of nitrogens with zero attached hydrogens (tertiary/aromatic N) is 2. The first kappa shape index (κ1) is 20.4. The molecule has 2 aromatic carbocycles. The van der Waals surface area contributed by atoms with Crippen LogP contribution in [0.5, 0.6) is 5.75 Å². The lowest BCUT2D eigenvalue weighted by Crippen LogP contribution is -2.19. The number of carbonyl (C=O) groups excluding carboxylic acids is 1. The van der Waals surface area contributed by atoms with Crippen LogP contribution in [-0.2, 0) is 0 Å². The summed E-state index contributed by atoms with van der Waals surface area (Å²) in [6.45, 7) is 3.64. The van der Waals surface area contributed by atoms with E-state index in [2.05, 4.69) is 31.4 Å². The van der Waals surface area contributed by atoms with E-state index in [0.717, 1.165) is 41.4 Å². The molecule has 4 rings (SSSR count). The number of hydrogen-bond acceptors (Lipinski definition) is 5. The van der Waals surface area contributed by atoms with Gasteiger partial charge in [-0.05, 0) is 55.7 Å². The number of amides is 1. The van der Waals surface area contributed by atoms with Gasteiger partial charge in [0, 0.05) is 28.5 Å². The minimum atomic E-state index is -0.507. The Balaban J connectivity index is 1.50. The minimum Gasteiger partial charge on any atom is -0.493 e. The lowest BCUT2D eigenvalue weighted by molar-refractivity contribution is 0.0929. The second kappa shape index (κ2) is 8.47. The molecular weight excluding hydrogens is 453 g/mol. The molecule has 1 amide bonds. The predicted octanol–water partition coefficient (Wildman–Crippen LogP) is 5.02. The summed E-state index contributed by atoms with van der Waals surface area (Å²) in [5.41, 5.74) is 5.01. The van der Waals surface area contributed by atoms with Gasteiger partial charge >= 0.3 is 5.91 Å². The summed E-state index contributed by atoms with van der Waals surface area (Å²) in [6.07, 6.45) is 3.60. The third-order valence-corrected chi connectivity index (χ3v) is 5.60. The summed E-state index contributed by atoms with van der Waals surface area (Å²) in [6, 6.07) is 8.48. The SMILES string of the molecule is COc1cc(Br)cc2cc(C(=O)NN=Cc3cc(F)c(N4CCCC4)cc3C)oc12. The van der Waals surface area contributed by atoms with E-state index in [1.807, 2.05) is 19.1 Å². The lowest BCUT2D eigenvalue weighted by atomic mass is 10.1. The highest BCUT2D eigenvalue weighted by molar-refractivity contribution is 9.10. The Morgan fingerprint density at radius 3 is 2.77 bits per heavy atom. The maximum Gasteiger partial charge on any atom is 0.307 e. The molecule has 8 heteroatoms. The number of nitrogens with one attached hydrogen (secondary N) is 1. The van der Waals surface area contributed by atoms with Crippen molar-refractivity contribution in [1.29, 1.82) is 0 Å². The highest BCUT2D eigenvalue weighted by Gasteiger charge is 2.18. The maximum atomic E-state index is 14.5. The van der Waals surface area contributed by atoms with Gasteiger partial charge in [-0.3, -0.25) is 4.79 Å². The first-order chi connectivity index (χ1) is 14.5. The largest absolute Gasteiger partial charge is 0.493 e. The molecule has 1 N–H and O–H groups in total. The number of methoxy groups -OCH3 is 1. The van der Waals surface area contributed by atoms with Crippen molar-refractivity contribution in [3.8, 4) is 5.75 Å². The van der Waals surface area contributed by atoms with Crippen molar-refractivity contribution in [3.05, 3.63) is 57.5 Å². The number of hydrogen-bond donors (Lipinski definition) is 1. The fourth-order valence-corrected chi connectivity index (χ4v) is 4.04. The maximum absolute atomic E-state index is 14.5. The molecule has 30 heavy (non-hydrogen) atoms. The number of halogens is 2. The van der Waals surface area contributed by atoms with Gasteiger partial charge in [-0.25, -0.2) is 9.82 Å². The van der Waals surface area contributed by atoms with Gasteiger partial charge in [0.2, 0.25) is 0 Å². The van der Waals surface area contributed by atoms with Crippen LogP contribution in [-0.4, -0.2) is 32.3 Å². The van der Waals surface area contributed by atoms with Gasteiger partial charge in [0.15, 0.2) is 17.1 Å². The zero-order valence-corrected chi connectivity index (χ0v) is 18.3. The van der Waals surface area contributed by atoms with Crippen LogP contribution in [0.25, 0.3) is 11.0 Å². The van der Waals surface area contributed by atoms with Crippen molar-refractivity contribution in [1.82, 2.24) is 5.43 Å². The van der Waals surface area contributed by atoms with E-state index >= 15 is 0 Å². The lowest BCUT2D eigenvalue weighted by Gasteiger charge is -2.19. The molecule has 1 fully saturated rings. The number of rotatable bonds is 5. The normalized spacial score (nSPS) is 14.1. The molecule has 6 nitrogen and oxygen atoms in total. The fraction of sp³-hybridized carbons (Fsp3) is 0.273. The molecule has 1 aromatic heterocycles. The molecule has 156 valence electrons. The molecule has 0 spiro atoms. The number of hydrazone groups is 1. The summed E-state index contributed by atoms with van der Waals surface area (Å²) in [4.78, 5) is 14.5. The summed E-state index contributed by atoms with van der Waals surface area (Å²) in [5.74, 6) is -0.172. The molecule has 1 aliphatic rings. The Bertz CT molecular complexity index is 1140. The standard InChI is InChI=1S/C22H21BrFN3O3/c1-13-7-18(27-5-3-4-6-27)17(24)9-15(13)12-25-26-22(28)20-10-14-8-16(23)11-19(29-2)21(14)30-20/h7-12H,3-6H2,1-2H3,(H,26,28). The molecule has 0 atom stereocenters. The smallest absolute Gasteiger partial charge is 0.307 e. The monoisotopic (exact) mass is 473 g/mol. The molecule has 3 aromatic rings. The number of anilines is 1. The van der Waals surface area contributed by atoms with Gasteiger partial charge in [0.05, 0.1) is 19.0 Å². The van der Waals surface area contributed by atoms with Crippen molar-refractivity contribution in [3.63, 3.8) is 0 Å². The zero-order valence-electron chi connectivity index (χ0n) is 16.7. The second-order valence-corrected chi connectivity index (χ2v) is 8.11. The Morgan fingerprint density at radius 1 is 1.27 bits per heavy atom. The fourth-order valence-electron chi connectivity index (χ4n) is 3.59. The van der Waals surface area contributed by atoms with Crippen LogP contribution in [0.4, 0.5) is 10.1 Å². The van der Waals surface area contributed by atoms with Crippen LogP contribution in [0.2, 0.25) is 0 Å². The number of ether oxygens (including phenoxy) is 1. The molecule has 0 radical (unpaired) electrons. The van der Waals surface area contributed by atoms with E-state index < -0.39 is 5.91 Å². The van der Waals surface area contributed by atoms with Crippen molar-refractivity contribution < 1.29 is 18.3 Å². The average Bonchev–Trinajstić information content (AvgIpc) is 3.39. The quantitative estimate of drug-likeness (QED) is 0.417. The molecule has 0 aliphatic carbocycles. The van der Waals surface area contributed by atoms with E-state index in [9.17, 15) is 9.18 Å². The minimum absolute atomic E-state index is 0.103. The highest BCUT2D eigenvalue weighted by atomic mass is 79.9. The molecule has 0 saturated carbocycles. The highest BCUT2D eigenvalue weighted by Crippen LogP contribution is 2.32. The molecular formula is C22H21BrFN3O3. The first-order valence-corrected chi connectivity index (χ1v) is 10.4. The number of aryl methyl sites for hydroxylation is 1. The second-order valence-electron chi connectivity index (χ2n) is 7.19. The number of furan rings is 1. The van der Waals surface area contributed by atoms with Crippen molar-refractivity contribution in [2.24, 2.45) is 5.10 Å². The number of benzene rings is 2. The van der Waals surface area contributed by atoms with E-state index in [-0.39, 0.29) is 11.6 Å². The topological polar surface area (TPSA) is 67.1 Å². The Morgan fingerprint density at radius 2 is 2.03 bits per heavy atom. The van der Waals surface area contributed by atoms with Crippen molar-refractivity contribution in [2.75, 3.05) is 25.1 Å². The number of carbonyl (C=O) groups is 1. The Kier molecular flexibility index (Phi) is 5.76. The molecule has 2 heterocycles. The van der Waals surface area contributed by atoms with E-state index in [1.165, 1.54) is 19.4 Å². The Labute approximate surface area is 181 Å². The van der Waals surface area contributed by atoms with Gasteiger partial charge in [0.1, 0.15) is 5.82 Å². The average molecular weight is 474 g/mol. The van der Waals surface area contributed by atoms with Crippen LogP contribution in [0.3, 0.4) is 0 Å². The summed E-state index contributed by atoms with van der Waals surface area (Å²) in [5, 5.41) is 4.70. The third kappa shape index (κ3) is 4.05. The Hall–Kier alpha value is -2.87. The number of fused-ring (bicyclic) bond motifs is 1. The van der Waals surface area contributed by atoms with E-state index in [4.69, 9.17) is 9.15 Å². The van der Waals surface area contributed by atoms with Crippen LogP contribution in [0.15, 0.2) is 44.3 Å². The molecule has 1 aliphatic heterocycles. The summed E-state index contributed by atoms with van der Waals surface area (Å²) >= 11 is 3.40.